The van der Waals surface area contributed by atoms with Gasteiger partial charge in [0.2, 0.25) is 10.0 Å². The van der Waals surface area contributed by atoms with Crippen molar-refractivity contribution in [1.82, 2.24) is 23.7 Å². The van der Waals surface area contributed by atoms with E-state index in [2.05, 4.69) is 20.0 Å². The molecule has 2 aromatic rings. The molecule has 21 heavy (non-hydrogen) atoms. The molecule has 0 aliphatic carbocycles. The van der Waals surface area contributed by atoms with Gasteiger partial charge in [-0.1, -0.05) is 5.21 Å². The van der Waals surface area contributed by atoms with Gasteiger partial charge >= 0.3 is 0 Å². The Hall–Kier alpha value is -1.72. The third-order valence-corrected chi connectivity index (χ3v) is 5.57. The molecule has 11 heteroatoms. The molecule has 0 bridgehead atoms. The summed E-state index contributed by atoms with van der Waals surface area (Å²) in [4.78, 5) is 0.0401. The number of anilines is 2. The first kappa shape index (κ1) is 15.7. The molecule has 0 aliphatic rings. The van der Waals surface area contributed by atoms with Crippen molar-refractivity contribution in [2.24, 2.45) is 0 Å². The molecular weight excluding hydrogens is 314 g/mol. The molecule has 0 aromatic carbocycles. The third-order valence-electron chi connectivity index (χ3n) is 2.73. The van der Waals surface area contributed by atoms with E-state index < -0.39 is 10.0 Å². The zero-order chi connectivity index (χ0) is 15.5. The lowest BCUT2D eigenvalue weighted by atomic mass is 10.4. The summed E-state index contributed by atoms with van der Waals surface area (Å²) in [5.41, 5.74) is 5.68. The molecule has 2 aromatic heterocycles. The predicted octanol–water partition coefficient (Wildman–Crippen LogP) is 0.0693. The number of nitrogens with one attached hydrogen (secondary N) is 1. The van der Waals surface area contributed by atoms with Crippen molar-refractivity contribution in [2.75, 3.05) is 31.7 Å². The highest BCUT2D eigenvalue weighted by Crippen LogP contribution is 2.32. The predicted molar refractivity (Wildman–Crippen MR) is 80.5 cm³/mol. The van der Waals surface area contributed by atoms with Crippen molar-refractivity contribution in [3.8, 4) is 0 Å². The summed E-state index contributed by atoms with van der Waals surface area (Å²) in [5, 5.41) is 11.1. The van der Waals surface area contributed by atoms with Gasteiger partial charge in [-0.25, -0.2) is 12.7 Å². The number of rotatable bonds is 7. The Morgan fingerprint density at radius 1 is 1.48 bits per heavy atom. The molecule has 2 rings (SSSR count). The molecule has 3 N–H and O–H groups in total. The Morgan fingerprint density at radius 3 is 2.86 bits per heavy atom. The molecule has 0 atom stereocenters. The second-order valence-corrected chi connectivity index (χ2v) is 7.32. The second-order valence-electron chi connectivity index (χ2n) is 4.46. The lowest BCUT2D eigenvalue weighted by Gasteiger charge is -2.12. The monoisotopic (exact) mass is 331 g/mol. The van der Waals surface area contributed by atoms with Crippen LogP contribution in [-0.4, -0.2) is 52.7 Å². The number of sulfonamides is 1. The SMILES string of the molecule is CN(C)S(=O)(=O)c1c(N)nsc1NCCCn1ccnn1. The summed E-state index contributed by atoms with van der Waals surface area (Å²) in [5.74, 6) is 0.0208. The van der Waals surface area contributed by atoms with Crippen molar-refractivity contribution in [3.63, 3.8) is 0 Å². The summed E-state index contributed by atoms with van der Waals surface area (Å²) in [7, 11) is -0.691. The first-order valence-electron chi connectivity index (χ1n) is 6.18. The maximum Gasteiger partial charge on any atom is 0.249 e. The van der Waals surface area contributed by atoms with E-state index in [9.17, 15) is 8.42 Å². The van der Waals surface area contributed by atoms with Crippen LogP contribution < -0.4 is 11.1 Å². The van der Waals surface area contributed by atoms with Crippen molar-refractivity contribution >= 4 is 32.4 Å². The van der Waals surface area contributed by atoms with Crippen LogP contribution >= 0.6 is 11.5 Å². The molecule has 0 saturated carbocycles. The fourth-order valence-electron chi connectivity index (χ4n) is 1.63. The number of aromatic nitrogens is 4. The van der Waals surface area contributed by atoms with E-state index in [0.29, 0.717) is 18.1 Å². The highest BCUT2D eigenvalue weighted by atomic mass is 32.2. The van der Waals surface area contributed by atoms with Gasteiger partial charge in [-0.15, -0.1) is 5.10 Å². The fourth-order valence-corrected chi connectivity index (χ4v) is 3.74. The van der Waals surface area contributed by atoms with Crippen LogP contribution in [0.3, 0.4) is 0 Å². The first-order chi connectivity index (χ1) is 9.93. The molecule has 0 saturated heterocycles. The molecule has 9 nitrogen and oxygen atoms in total. The van der Waals surface area contributed by atoms with Crippen LogP contribution in [0.2, 0.25) is 0 Å². The minimum atomic E-state index is -3.61. The van der Waals surface area contributed by atoms with Crippen LogP contribution in [0.4, 0.5) is 10.8 Å². The van der Waals surface area contributed by atoms with E-state index in [1.54, 1.807) is 17.1 Å². The van der Waals surface area contributed by atoms with Gasteiger partial charge < -0.3 is 11.1 Å². The number of nitrogens with zero attached hydrogens (tertiary/aromatic N) is 5. The molecule has 0 fully saturated rings. The molecule has 0 aliphatic heterocycles. The first-order valence-corrected chi connectivity index (χ1v) is 8.40. The summed E-state index contributed by atoms with van der Waals surface area (Å²) < 4.78 is 31.2. The number of nitrogens with two attached hydrogens (primary N) is 1. The van der Waals surface area contributed by atoms with Crippen LogP contribution in [0.5, 0.6) is 0 Å². The average Bonchev–Trinajstić information content (AvgIpc) is 3.04. The second kappa shape index (κ2) is 6.37. The quantitative estimate of drug-likeness (QED) is 0.689. The maximum atomic E-state index is 12.2. The Kier molecular flexibility index (Phi) is 4.75. The van der Waals surface area contributed by atoms with E-state index >= 15 is 0 Å². The number of aryl methyl sites for hydroxylation is 1. The van der Waals surface area contributed by atoms with Gasteiger partial charge in [0.1, 0.15) is 5.00 Å². The van der Waals surface area contributed by atoms with Gasteiger partial charge in [0.05, 0.1) is 6.20 Å². The number of hydrogen-bond donors (Lipinski definition) is 2. The molecule has 0 amide bonds. The van der Waals surface area contributed by atoms with Crippen LogP contribution in [0, 0.1) is 0 Å². The Morgan fingerprint density at radius 2 is 2.24 bits per heavy atom. The van der Waals surface area contributed by atoms with Crippen molar-refractivity contribution in [2.45, 2.75) is 17.9 Å². The lowest BCUT2D eigenvalue weighted by Crippen LogP contribution is -2.23. The topological polar surface area (TPSA) is 119 Å². The van der Waals surface area contributed by atoms with E-state index in [0.717, 1.165) is 22.3 Å². The standard InChI is InChI=1S/C10H17N7O2S2/c1-16(2)21(18,19)8-9(11)14-20-10(8)12-4-3-6-17-7-5-13-15-17/h5,7,12H,3-4,6H2,1-2H3,(H2,11,14). The largest absolute Gasteiger partial charge is 0.382 e. The fraction of sp³-hybridized carbons (Fsp3) is 0.500. The Labute approximate surface area is 127 Å². The van der Waals surface area contributed by atoms with Gasteiger partial charge in [-0.3, -0.25) is 4.68 Å². The van der Waals surface area contributed by atoms with Crippen LogP contribution in [0.1, 0.15) is 6.42 Å². The van der Waals surface area contributed by atoms with E-state index in [1.807, 2.05) is 0 Å². The smallest absolute Gasteiger partial charge is 0.249 e. The Balaban J connectivity index is 2.01. The van der Waals surface area contributed by atoms with E-state index in [4.69, 9.17) is 5.73 Å². The number of nitrogen functional groups attached to an aromatic ring is 1. The van der Waals surface area contributed by atoms with Gasteiger partial charge in [-0.05, 0) is 18.0 Å². The third kappa shape index (κ3) is 3.49. The van der Waals surface area contributed by atoms with Gasteiger partial charge in [0.15, 0.2) is 10.7 Å². The van der Waals surface area contributed by atoms with Crippen LogP contribution in [0.15, 0.2) is 17.3 Å². The van der Waals surface area contributed by atoms with Crippen LogP contribution in [0.25, 0.3) is 0 Å². The van der Waals surface area contributed by atoms with Gasteiger partial charge in [-0.2, -0.15) is 4.37 Å². The van der Waals surface area contributed by atoms with Crippen molar-refractivity contribution in [1.29, 1.82) is 0 Å². The van der Waals surface area contributed by atoms with E-state index in [-0.39, 0.29) is 10.7 Å². The van der Waals surface area contributed by atoms with Crippen molar-refractivity contribution < 1.29 is 8.42 Å². The summed E-state index contributed by atoms with van der Waals surface area (Å²) in [6.45, 7) is 1.27. The summed E-state index contributed by atoms with van der Waals surface area (Å²) >= 11 is 1.04. The average molecular weight is 331 g/mol. The van der Waals surface area contributed by atoms with Crippen LogP contribution in [-0.2, 0) is 16.6 Å². The number of hydrogen-bond acceptors (Lipinski definition) is 8. The summed E-state index contributed by atoms with van der Waals surface area (Å²) in [6.07, 6.45) is 4.15. The molecule has 2 heterocycles. The Bertz CT molecular complexity index is 678. The summed E-state index contributed by atoms with van der Waals surface area (Å²) in [6, 6.07) is 0. The molecular formula is C10H17N7O2S2. The molecule has 0 unspecified atom stereocenters. The minimum absolute atomic E-state index is 0.0208. The zero-order valence-electron chi connectivity index (χ0n) is 11.7. The highest BCUT2D eigenvalue weighted by molar-refractivity contribution is 7.89. The maximum absolute atomic E-state index is 12.2. The molecule has 116 valence electrons. The van der Waals surface area contributed by atoms with Crippen molar-refractivity contribution in [3.05, 3.63) is 12.4 Å². The van der Waals surface area contributed by atoms with Gasteiger partial charge in [0.25, 0.3) is 0 Å². The highest BCUT2D eigenvalue weighted by Gasteiger charge is 2.27. The zero-order valence-corrected chi connectivity index (χ0v) is 13.4. The van der Waals surface area contributed by atoms with Gasteiger partial charge in [0, 0.05) is 33.4 Å². The molecule has 0 radical (unpaired) electrons. The minimum Gasteiger partial charge on any atom is -0.382 e. The van der Waals surface area contributed by atoms with E-state index in [1.165, 1.54) is 14.1 Å². The lowest BCUT2D eigenvalue weighted by molar-refractivity contribution is 0.521. The molecule has 0 spiro atoms. The normalized spacial score (nSPS) is 12.0.